The molecular formula is C19H18FN3O2S. The number of hydrogen-bond donors (Lipinski definition) is 1. The fraction of sp³-hybridized carbons (Fsp3) is 0.211. The van der Waals surface area contributed by atoms with E-state index in [1.165, 1.54) is 12.1 Å². The molecule has 3 rings (SSSR count). The number of nitrogens with zero attached hydrogens (tertiary/aromatic N) is 2. The van der Waals surface area contributed by atoms with Crippen LogP contribution < -0.4 is 4.72 Å². The number of rotatable bonds is 4. The lowest BCUT2D eigenvalue weighted by molar-refractivity contribution is 0.607. The normalized spacial score (nSPS) is 11.5. The van der Waals surface area contributed by atoms with E-state index >= 15 is 0 Å². The van der Waals surface area contributed by atoms with E-state index < -0.39 is 15.8 Å². The number of hydrogen-bond acceptors (Lipinski definition) is 3. The minimum Gasteiger partial charge on any atom is -0.344 e. The predicted octanol–water partition coefficient (Wildman–Crippen LogP) is 4.02. The largest absolute Gasteiger partial charge is 0.344 e. The molecule has 0 bridgehead atoms. The van der Waals surface area contributed by atoms with Crippen LogP contribution in [0.3, 0.4) is 0 Å². The Balaban J connectivity index is 2.25. The molecule has 1 aromatic heterocycles. The van der Waals surface area contributed by atoms with E-state index in [4.69, 9.17) is 5.26 Å². The molecule has 0 aliphatic rings. The summed E-state index contributed by atoms with van der Waals surface area (Å²) in [5.41, 5.74) is 3.84. The van der Waals surface area contributed by atoms with Gasteiger partial charge in [0.25, 0.3) is 0 Å². The molecule has 0 saturated carbocycles. The highest BCUT2D eigenvalue weighted by Gasteiger charge is 2.17. The summed E-state index contributed by atoms with van der Waals surface area (Å²) in [5, 5.41) is 9.82. The van der Waals surface area contributed by atoms with Crippen molar-refractivity contribution in [3.8, 4) is 17.2 Å². The van der Waals surface area contributed by atoms with E-state index in [0.717, 1.165) is 28.4 Å². The predicted molar refractivity (Wildman–Crippen MR) is 101 cm³/mol. The Morgan fingerprint density at radius 3 is 2.54 bits per heavy atom. The summed E-state index contributed by atoms with van der Waals surface area (Å²) in [6, 6.07) is 11.7. The molecule has 0 unspecified atom stereocenters. The summed E-state index contributed by atoms with van der Waals surface area (Å²) in [6.07, 6.45) is 1.10. The number of halogens is 1. The molecule has 5 nitrogen and oxygen atoms in total. The van der Waals surface area contributed by atoms with Gasteiger partial charge in [-0.3, -0.25) is 4.72 Å². The Hall–Kier alpha value is -2.85. The van der Waals surface area contributed by atoms with Crippen LogP contribution in [0.4, 0.5) is 10.1 Å². The Morgan fingerprint density at radius 1 is 1.23 bits per heavy atom. The number of aromatic nitrogens is 1. The number of nitrogens with one attached hydrogen (secondary N) is 1. The third kappa shape index (κ3) is 3.16. The van der Waals surface area contributed by atoms with Crippen LogP contribution in [0, 0.1) is 24.1 Å². The van der Waals surface area contributed by atoms with E-state index in [1.807, 2.05) is 30.6 Å². The third-order valence-electron chi connectivity index (χ3n) is 4.32. The van der Waals surface area contributed by atoms with Crippen molar-refractivity contribution in [1.82, 2.24) is 4.57 Å². The lowest BCUT2D eigenvalue weighted by Gasteiger charge is -2.07. The number of sulfonamides is 1. The van der Waals surface area contributed by atoms with Crippen LogP contribution in [0.5, 0.6) is 0 Å². The molecule has 0 fully saturated rings. The molecule has 7 heteroatoms. The van der Waals surface area contributed by atoms with Gasteiger partial charge in [0.2, 0.25) is 10.0 Å². The highest BCUT2D eigenvalue weighted by molar-refractivity contribution is 7.92. The fourth-order valence-electron chi connectivity index (χ4n) is 3.29. The molecule has 0 aliphatic carbocycles. The van der Waals surface area contributed by atoms with Crippen molar-refractivity contribution in [1.29, 1.82) is 5.26 Å². The topological polar surface area (TPSA) is 74.9 Å². The summed E-state index contributed by atoms with van der Waals surface area (Å²) in [4.78, 5) is 0. The zero-order chi connectivity index (χ0) is 19.1. The molecule has 0 aliphatic heterocycles. The Kier molecular flexibility index (Phi) is 4.46. The van der Waals surface area contributed by atoms with Gasteiger partial charge in [0, 0.05) is 23.2 Å². The van der Waals surface area contributed by atoms with E-state index in [-0.39, 0.29) is 5.56 Å². The second-order valence-electron chi connectivity index (χ2n) is 6.12. The zero-order valence-electron chi connectivity index (χ0n) is 14.7. The van der Waals surface area contributed by atoms with Crippen LogP contribution in [0.1, 0.15) is 18.2 Å². The highest BCUT2D eigenvalue weighted by Crippen LogP contribution is 2.36. The van der Waals surface area contributed by atoms with Crippen LogP contribution in [0.15, 0.2) is 36.4 Å². The molecule has 1 heterocycles. The molecule has 0 atom stereocenters. The average Bonchev–Trinajstić information content (AvgIpc) is 2.84. The van der Waals surface area contributed by atoms with Gasteiger partial charge in [-0.05, 0) is 43.7 Å². The Bertz CT molecular complexity index is 1160. The Morgan fingerprint density at radius 2 is 1.96 bits per heavy atom. The monoisotopic (exact) mass is 371 g/mol. The van der Waals surface area contributed by atoms with Gasteiger partial charge in [-0.25, -0.2) is 12.8 Å². The van der Waals surface area contributed by atoms with Gasteiger partial charge in [0.05, 0.1) is 23.0 Å². The quantitative estimate of drug-likeness (QED) is 0.753. The SMILES string of the molecule is CCn1c(C)c(-c2ccc(C#N)c(F)c2)c2ccc(NS(C)(=O)=O)cc21. The summed E-state index contributed by atoms with van der Waals surface area (Å²) in [6.45, 7) is 4.62. The summed E-state index contributed by atoms with van der Waals surface area (Å²) >= 11 is 0. The maximum Gasteiger partial charge on any atom is 0.229 e. The number of aryl methyl sites for hydroxylation is 1. The first-order valence-electron chi connectivity index (χ1n) is 8.05. The van der Waals surface area contributed by atoms with E-state index in [1.54, 1.807) is 18.2 Å². The standard InChI is InChI=1S/C19H18FN3O2S/c1-4-23-12(2)19(13-5-6-14(11-21)17(20)9-13)16-8-7-15(10-18(16)23)22-26(3,24)25/h5-10,22H,4H2,1-3H3. The minimum atomic E-state index is -3.37. The van der Waals surface area contributed by atoms with Gasteiger partial charge in [0.15, 0.2) is 0 Å². The van der Waals surface area contributed by atoms with Gasteiger partial charge in [0.1, 0.15) is 11.9 Å². The van der Waals surface area contributed by atoms with Crippen molar-refractivity contribution < 1.29 is 12.8 Å². The van der Waals surface area contributed by atoms with Crippen LogP contribution >= 0.6 is 0 Å². The maximum atomic E-state index is 14.1. The zero-order valence-corrected chi connectivity index (χ0v) is 15.5. The molecule has 0 amide bonds. The first-order chi connectivity index (χ1) is 12.2. The number of fused-ring (bicyclic) bond motifs is 1. The molecule has 0 saturated heterocycles. The van der Waals surface area contributed by atoms with Crippen LogP contribution in [0.25, 0.3) is 22.0 Å². The molecule has 2 aromatic carbocycles. The summed E-state index contributed by atoms with van der Waals surface area (Å²) in [5.74, 6) is -0.558. The minimum absolute atomic E-state index is 0.00488. The van der Waals surface area contributed by atoms with Gasteiger partial charge < -0.3 is 4.57 Å². The molecule has 134 valence electrons. The average molecular weight is 371 g/mol. The molecule has 26 heavy (non-hydrogen) atoms. The number of anilines is 1. The van der Waals surface area contributed by atoms with Gasteiger partial charge in [-0.2, -0.15) is 5.26 Å². The second-order valence-corrected chi connectivity index (χ2v) is 7.87. The van der Waals surface area contributed by atoms with Crippen LogP contribution in [-0.2, 0) is 16.6 Å². The summed E-state index contributed by atoms with van der Waals surface area (Å²) in [7, 11) is -3.37. The van der Waals surface area contributed by atoms with Crippen LogP contribution in [0.2, 0.25) is 0 Å². The molecule has 1 N–H and O–H groups in total. The highest BCUT2D eigenvalue weighted by atomic mass is 32.2. The van der Waals surface area contributed by atoms with Crippen molar-refractivity contribution in [2.24, 2.45) is 0 Å². The molecular weight excluding hydrogens is 353 g/mol. The van der Waals surface area contributed by atoms with E-state index in [2.05, 4.69) is 4.72 Å². The third-order valence-corrected chi connectivity index (χ3v) is 4.93. The van der Waals surface area contributed by atoms with Gasteiger partial charge >= 0.3 is 0 Å². The van der Waals surface area contributed by atoms with Crippen molar-refractivity contribution >= 4 is 26.6 Å². The molecule has 0 spiro atoms. The van der Waals surface area contributed by atoms with E-state index in [9.17, 15) is 12.8 Å². The number of nitriles is 1. The van der Waals surface area contributed by atoms with E-state index in [0.29, 0.717) is 17.8 Å². The lowest BCUT2D eigenvalue weighted by atomic mass is 10.0. The fourth-order valence-corrected chi connectivity index (χ4v) is 3.84. The maximum absolute atomic E-state index is 14.1. The smallest absolute Gasteiger partial charge is 0.229 e. The van der Waals surface area contributed by atoms with Crippen molar-refractivity contribution in [2.75, 3.05) is 11.0 Å². The van der Waals surface area contributed by atoms with Gasteiger partial charge in [-0.1, -0.05) is 12.1 Å². The molecule has 3 aromatic rings. The van der Waals surface area contributed by atoms with Gasteiger partial charge in [-0.15, -0.1) is 0 Å². The van der Waals surface area contributed by atoms with Crippen molar-refractivity contribution in [3.63, 3.8) is 0 Å². The lowest BCUT2D eigenvalue weighted by Crippen LogP contribution is -2.09. The first kappa shape index (κ1) is 18.0. The second kappa shape index (κ2) is 6.46. The number of benzene rings is 2. The van der Waals surface area contributed by atoms with Crippen LogP contribution in [-0.4, -0.2) is 19.2 Å². The van der Waals surface area contributed by atoms with Crippen molar-refractivity contribution in [2.45, 2.75) is 20.4 Å². The molecule has 0 radical (unpaired) electrons. The summed E-state index contributed by atoms with van der Waals surface area (Å²) < 4.78 is 41.6. The first-order valence-corrected chi connectivity index (χ1v) is 9.95. The Labute approximate surface area is 151 Å². The van der Waals surface area contributed by atoms with Crippen molar-refractivity contribution in [3.05, 3.63) is 53.5 Å².